The standard InChI is InChI=1S/C8H11N.C2H6/c1-7-4-3-5-9-6-8(7)2;1-2/h4-6H,3H2,1-2H3;1-2H3. The predicted molar refractivity (Wildman–Crippen MR) is 52.0 cm³/mol. The minimum absolute atomic E-state index is 0.972. The minimum atomic E-state index is 0.972. The van der Waals surface area contributed by atoms with Crippen LogP contribution in [0.25, 0.3) is 0 Å². The van der Waals surface area contributed by atoms with Crippen molar-refractivity contribution >= 4 is 6.21 Å². The molecular weight excluding hydrogens is 134 g/mol. The molecule has 1 rings (SSSR count). The highest BCUT2D eigenvalue weighted by atomic mass is 14.7. The molecule has 0 bridgehead atoms. The first-order chi connectivity index (χ1) is 5.30. The van der Waals surface area contributed by atoms with Gasteiger partial charge in [0.15, 0.2) is 0 Å². The van der Waals surface area contributed by atoms with E-state index in [9.17, 15) is 0 Å². The van der Waals surface area contributed by atoms with Gasteiger partial charge in [0, 0.05) is 18.8 Å². The molecule has 0 aliphatic carbocycles. The van der Waals surface area contributed by atoms with Gasteiger partial charge in [0.05, 0.1) is 0 Å². The Labute approximate surface area is 69.5 Å². The summed E-state index contributed by atoms with van der Waals surface area (Å²) in [7, 11) is 0. The third kappa shape index (κ3) is 3.76. The fraction of sp³-hybridized carbons (Fsp3) is 0.500. The zero-order valence-corrected chi connectivity index (χ0v) is 7.89. The third-order valence-electron chi connectivity index (χ3n) is 1.53. The van der Waals surface area contributed by atoms with Gasteiger partial charge in [-0.2, -0.15) is 0 Å². The molecule has 1 nitrogen and oxygen atoms in total. The van der Waals surface area contributed by atoms with E-state index in [0.29, 0.717) is 0 Å². The maximum Gasteiger partial charge on any atom is 0.0295 e. The second-order valence-electron chi connectivity index (χ2n) is 2.27. The van der Waals surface area contributed by atoms with Crippen LogP contribution in [0.3, 0.4) is 0 Å². The molecule has 0 atom stereocenters. The molecule has 0 N–H and O–H groups in total. The van der Waals surface area contributed by atoms with E-state index in [2.05, 4.69) is 24.9 Å². The zero-order valence-electron chi connectivity index (χ0n) is 7.89. The van der Waals surface area contributed by atoms with Gasteiger partial charge in [-0.1, -0.05) is 25.5 Å². The zero-order chi connectivity index (χ0) is 8.69. The average Bonchev–Trinajstić information content (AvgIpc) is 2.22. The molecule has 11 heavy (non-hydrogen) atoms. The Kier molecular flexibility index (Phi) is 5.44. The number of rotatable bonds is 0. The van der Waals surface area contributed by atoms with Crippen LogP contribution in [0.2, 0.25) is 0 Å². The summed E-state index contributed by atoms with van der Waals surface area (Å²) in [6, 6.07) is 0. The van der Waals surface area contributed by atoms with Crippen molar-refractivity contribution in [2.24, 2.45) is 4.99 Å². The molecule has 0 aromatic carbocycles. The Morgan fingerprint density at radius 1 is 1.18 bits per heavy atom. The van der Waals surface area contributed by atoms with Crippen molar-refractivity contribution in [1.82, 2.24) is 0 Å². The van der Waals surface area contributed by atoms with Gasteiger partial charge in [-0.05, 0) is 19.4 Å². The Bertz CT molecular complexity index is 185. The lowest BCUT2D eigenvalue weighted by molar-refractivity contribution is 1.31. The first-order valence-electron chi connectivity index (χ1n) is 4.16. The summed E-state index contributed by atoms with van der Waals surface area (Å²) in [6.07, 6.45) is 6.97. The Hall–Kier alpha value is -0.850. The summed E-state index contributed by atoms with van der Waals surface area (Å²) in [5, 5.41) is 0. The summed E-state index contributed by atoms with van der Waals surface area (Å²) in [5.41, 5.74) is 2.61. The fourth-order valence-corrected chi connectivity index (χ4v) is 0.718. The lowest BCUT2D eigenvalue weighted by atomic mass is 10.1. The Balaban J connectivity index is 0.000000461. The van der Waals surface area contributed by atoms with E-state index in [4.69, 9.17) is 0 Å². The van der Waals surface area contributed by atoms with E-state index in [1.54, 1.807) is 0 Å². The topological polar surface area (TPSA) is 12.4 Å². The molecule has 0 amide bonds. The molecule has 1 heteroatoms. The number of allylic oxidation sites excluding steroid dienone is 3. The lowest BCUT2D eigenvalue weighted by Gasteiger charge is -1.94. The lowest BCUT2D eigenvalue weighted by Crippen LogP contribution is -1.75. The molecule has 1 heterocycles. The van der Waals surface area contributed by atoms with Gasteiger partial charge in [0.2, 0.25) is 0 Å². The smallest absolute Gasteiger partial charge is 0.0295 e. The molecule has 0 saturated carbocycles. The summed E-state index contributed by atoms with van der Waals surface area (Å²) in [6.45, 7) is 8.19. The normalized spacial score (nSPS) is 15.6. The predicted octanol–water partition coefficient (Wildman–Crippen LogP) is 3.34. The molecule has 62 valence electrons. The van der Waals surface area contributed by atoms with Gasteiger partial charge in [-0.3, -0.25) is 4.99 Å². The Morgan fingerprint density at radius 2 is 1.82 bits per heavy atom. The molecule has 0 unspecified atom stereocenters. The van der Waals surface area contributed by atoms with Crippen molar-refractivity contribution in [3.05, 3.63) is 23.4 Å². The van der Waals surface area contributed by atoms with Crippen molar-refractivity contribution in [3.8, 4) is 0 Å². The van der Waals surface area contributed by atoms with Crippen molar-refractivity contribution < 1.29 is 0 Å². The number of hydrogen-bond donors (Lipinski definition) is 0. The molecule has 0 spiro atoms. The van der Waals surface area contributed by atoms with Gasteiger partial charge in [0.1, 0.15) is 0 Å². The monoisotopic (exact) mass is 151 g/mol. The summed E-state index contributed by atoms with van der Waals surface area (Å²) in [5.74, 6) is 0. The van der Waals surface area contributed by atoms with Gasteiger partial charge < -0.3 is 0 Å². The van der Waals surface area contributed by atoms with Crippen LogP contribution >= 0.6 is 0 Å². The van der Waals surface area contributed by atoms with Crippen LogP contribution in [0.4, 0.5) is 0 Å². The van der Waals surface area contributed by atoms with Gasteiger partial charge in [-0.15, -0.1) is 0 Å². The number of aliphatic imine (C=N–C) groups is 1. The SMILES string of the molecule is CC.CC1=CCC=NC=C1C. The van der Waals surface area contributed by atoms with Crippen LogP contribution in [-0.2, 0) is 0 Å². The maximum absolute atomic E-state index is 4.06. The van der Waals surface area contributed by atoms with Gasteiger partial charge in [-0.25, -0.2) is 0 Å². The van der Waals surface area contributed by atoms with Gasteiger partial charge >= 0.3 is 0 Å². The molecule has 1 aliphatic rings. The van der Waals surface area contributed by atoms with Crippen LogP contribution in [0, 0.1) is 0 Å². The maximum atomic E-state index is 4.06. The summed E-state index contributed by atoms with van der Waals surface area (Å²) < 4.78 is 0. The second kappa shape index (κ2) is 5.90. The highest BCUT2D eigenvalue weighted by Crippen LogP contribution is 2.10. The van der Waals surface area contributed by atoms with Crippen LogP contribution < -0.4 is 0 Å². The van der Waals surface area contributed by atoms with Crippen molar-refractivity contribution in [3.63, 3.8) is 0 Å². The number of hydrogen-bond acceptors (Lipinski definition) is 1. The molecule has 1 aliphatic heterocycles. The molecule has 0 fully saturated rings. The summed E-state index contributed by atoms with van der Waals surface area (Å²) >= 11 is 0. The Morgan fingerprint density at radius 3 is 2.45 bits per heavy atom. The molecule has 0 aromatic rings. The molecule has 0 radical (unpaired) electrons. The van der Waals surface area contributed by atoms with Gasteiger partial charge in [0.25, 0.3) is 0 Å². The van der Waals surface area contributed by atoms with E-state index in [1.165, 1.54) is 11.1 Å². The fourth-order valence-electron chi connectivity index (χ4n) is 0.718. The van der Waals surface area contributed by atoms with Crippen LogP contribution in [0.15, 0.2) is 28.4 Å². The van der Waals surface area contributed by atoms with E-state index < -0.39 is 0 Å². The quantitative estimate of drug-likeness (QED) is 0.503. The van der Waals surface area contributed by atoms with Crippen molar-refractivity contribution in [2.75, 3.05) is 0 Å². The van der Waals surface area contributed by atoms with E-state index in [0.717, 1.165) is 6.42 Å². The van der Waals surface area contributed by atoms with Crippen molar-refractivity contribution in [1.29, 1.82) is 0 Å². The van der Waals surface area contributed by atoms with E-state index in [1.807, 2.05) is 26.3 Å². The highest BCUT2D eigenvalue weighted by Gasteiger charge is 1.92. The molecular formula is C10H17N. The van der Waals surface area contributed by atoms with E-state index in [-0.39, 0.29) is 0 Å². The van der Waals surface area contributed by atoms with Crippen LogP contribution in [0.5, 0.6) is 0 Å². The largest absolute Gasteiger partial charge is 0.268 e. The second-order valence-corrected chi connectivity index (χ2v) is 2.27. The van der Waals surface area contributed by atoms with Crippen LogP contribution in [-0.4, -0.2) is 6.21 Å². The van der Waals surface area contributed by atoms with Crippen molar-refractivity contribution in [2.45, 2.75) is 34.1 Å². The number of nitrogens with zero attached hydrogens (tertiary/aromatic N) is 1. The minimum Gasteiger partial charge on any atom is -0.268 e. The molecule has 0 aromatic heterocycles. The molecule has 0 saturated heterocycles. The third-order valence-corrected chi connectivity index (χ3v) is 1.53. The van der Waals surface area contributed by atoms with E-state index >= 15 is 0 Å². The first-order valence-corrected chi connectivity index (χ1v) is 4.16. The average molecular weight is 151 g/mol. The highest BCUT2D eigenvalue weighted by molar-refractivity contribution is 5.62. The summed E-state index contributed by atoms with van der Waals surface area (Å²) in [4.78, 5) is 4.06. The van der Waals surface area contributed by atoms with Crippen LogP contribution in [0.1, 0.15) is 34.1 Å². The first kappa shape index (κ1) is 10.2.